The summed E-state index contributed by atoms with van der Waals surface area (Å²) >= 11 is 0. The third kappa shape index (κ3) is 4.16. The van der Waals surface area contributed by atoms with Crippen molar-refractivity contribution in [2.45, 2.75) is 38.5 Å². The summed E-state index contributed by atoms with van der Waals surface area (Å²) in [5, 5.41) is 2.65. The second-order valence-electron chi connectivity index (χ2n) is 7.83. The van der Waals surface area contributed by atoms with Crippen LogP contribution < -0.4 is 10.2 Å². The minimum absolute atomic E-state index is 0.263. The molecule has 2 aliphatic rings. The van der Waals surface area contributed by atoms with E-state index in [1.807, 2.05) is 0 Å². The zero-order valence-electron chi connectivity index (χ0n) is 16.5. The topological polar surface area (TPSA) is 44.7 Å². The van der Waals surface area contributed by atoms with Crippen LogP contribution in [0.3, 0.4) is 0 Å². The SMILES string of the molecule is CCCC1CCN(c2ccc(N=CC3C(=O)Nc4cc(F)ccc43)cc2F)CC1. The molecule has 152 valence electrons. The third-order valence-corrected chi connectivity index (χ3v) is 5.85. The molecule has 4 rings (SSSR count). The molecule has 1 atom stereocenters. The van der Waals surface area contributed by atoms with E-state index in [4.69, 9.17) is 0 Å². The summed E-state index contributed by atoms with van der Waals surface area (Å²) in [7, 11) is 0. The van der Waals surface area contributed by atoms with Crippen LogP contribution in [0.15, 0.2) is 41.4 Å². The van der Waals surface area contributed by atoms with Crippen LogP contribution >= 0.6 is 0 Å². The lowest BCUT2D eigenvalue weighted by Gasteiger charge is -2.33. The van der Waals surface area contributed by atoms with Crippen molar-refractivity contribution in [1.29, 1.82) is 0 Å². The number of rotatable bonds is 5. The predicted molar refractivity (Wildman–Crippen MR) is 112 cm³/mol. The van der Waals surface area contributed by atoms with E-state index in [1.54, 1.807) is 18.2 Å². The van der Waals surface area contributed by atoms with Gasteiger partial charge in [-0.15, -0.1) is 0 Å². The van der Waals surface area contributed by atoms with E-state index in [0.717, 1.165) is 31.8 Å². The van der Waals surface area contributed by atoms with Gasteiger partial charge in [0.05, 0.1) is 11.4 Å². The van der Waals surface area contributed by atoms with Crippen molar-refractivity contribution in [3.63, 3.8) is 0 Å². The Morgan fingerprint density at radius 3 is 2.69 bits per heavy atom. The van der Waals surface area contributed by atoms with Gasteiger partial charge in [-0.3, -0.25) is 9.79 Å². The molecule has 2 aromatic rings. The number of amides is 1. The number of carbonyl (C=O) groups excluding carboxylic acids is 1. The summed E-state index contributed by atoms with van der Waals surface area (Å²) < 4.78 is 28.0. The zero-order chi connectivity index (χ0) is 20.4. The highest BCUT2D eigenvalue weighted by Crippen LogP contribution is 2.33. The lowest BCUT2D eigenvalue weighted by Crippen LogP contribution is -2.34. The van der Waals surface area contributed by atoms with E-state index >= 15 is 0 Å². The van der Waals surface area contributed by atoms with Gasteiger partial charge in [-0.2, -0.15) is 0 Å². The summed E-state index contributed by atoms with van der Waals surface area (Å²) in [6, 6.07) is 9.12. The maximum atomic E-state index is 14.7. The Bertz CT molecular complexity index is 936. The Kier molecular flexibility index (Phi) is 5.60. The van der Waals surface area contributed by atoms with Crippen molar-refractivity contribution >= 4 is 29.2 Å². The lowest BCUT2D eigenvalue weighted by molar-refractivity contribution is -0.115. The van der Waals surface area contributed by atoms with E-state index in [2.05, 4.69) is 22.1 Å². The smallest absolute Gasteiger partial charge is 0.237 e. The quantitative estimate of drug-likeness (QED) is 0.685. The molecule has 1 saturated heterocycles. The van der Waals surface area contributed by atoms with Gasteiger partial charge in [0, 0.05) is 31.1 Å². The number of piperidine rings is 1. The largest absolute Gasteiger partial charge is 0.369 e. The maximum Gasteiger partial charge on any atom is 0.237 e. The minimum atomic E-state index is -0.606. The van der Waals surface area contributed by atoms with Gasteiger partial charge in [-0.1, -0.05) is 25.8 Å². The number of hydrogen-bond donors (Lipinski definition) is 1. The van der Waals surface area contributed by atoms with Crippen molar-refractivity contribution in [2.24, 2.45) is 10.9 Å². The molecule has 1 amide bonds. The molecule has 6 heteroatoms. The molecule has 0 aromatic heterocycles. The molecule has 1 fully saturated rings. The van der Waals surface area contributed by atoms with Crippen molar-refractivity contribution in [3.8, 4) is 0 Å². The van der Waals surface area contributed by atoms with Crippen molar-refractivity contribution in [3.05, 3.63) is 53.6 Å². The average Bonchev–Trinajstić information content (AvgIpc) is 3.01. The third-order valence-electron chi connectivity index (χ3n) is 5.85. The van der Waals surface area contributed by atoms with Crippen LogP contribution in [-0.4, -0.2) is 25.2 Å². The van der Waals surface area contributed by atoms with Crippen LogP contribution in [0.5, 0.6) is 0 Å². The Hall–Kier alpha value is -2.76. The van der Waals surface area contributed by atoms with Gasteiger partial charge in [0.1, 0.15) is 17.6 Å². The molecule has 2 heterocycles. The first-order valence-corrected chi connectivity index (χ1v) is 10.2. The fourth-order valence-electron chi connectivity index (χ4n) is 4.27. The molecule has 4 nitrogen and oxygen atoms in total. The molecule has 0 bridgehead atoms. The molecule has 0 spiro atoms. The summed E-state index contributed by atoms with van der Waals surface area (Å²) in [5.41, 5.74) is 2.19. The van der Waals surface area contributed by atoms with Gasteiger partial charge < -0.3 is 10.2 Å². The van der Waals surface area contributed by atoms with Crippen LogP contribution in [0.4, 0.5) is 25.8 Å². The van der Waals surface area contributed by atoms with Crippen molar-refractivity contribution in [1.82, 2.24) is 0 Å². The first-order valence-electron chi connectivity index (χ1n) is 10.2. The molecule has 0 saturated carbocycles. The fourth-order valence-corrected chi connectivity index (χ4v) is 4.27. The number of halogens is 2. The van der Waals surface area contributed by atoms with E-state index in [-0.39, 0.29) is 11.7 Å². The standard InChI is InChI=1S/C23H25F2N3O/c1-2-3-15-8-10-28(11-9-15)22-7-5-17(13-20(22)25)26-14-19-18-6-4-16(24)12-21(18)27-23(19)29/h4-7,12-15,19H,2-3,8-11H2,1H3,(H,27,29). The first kappa shape index (κ1) is 19.6. The van der Waals surface area contributed by atoms with Crippen LogP contribution in [0.1, 0.15) is 44.1 Å². The normalized spacial score (nSPS) is 19.6. The highest BCUT2D eigenvalue weighted by Gasteiger charge is 2.29. The lowest BCUT2D eigenvalue weighted by atomic mass is 9.92. The maximum absolute atomic E-state index is 14.7. The molecular formula is C23H25F2N3O. The Balaban J connectivity index is 1.46. The number of carbonyl (C=O) groups is 1. The van der Waals surface area contributed by atoms with Gasteiger partial charge in [0.25, 0.3) is 0 Å². The van der Waals surface area contributed by atoms with E-state index < -0.39 is 11.7 Å². The zero-order valence-corrected chi connectivity index (χ0v) is 16.5. The fraction of sp³-hybridized carbons (Fsp3) is 0.391. The number of nitrogens with one attached hydrogen (secondary N) is 1. The minimum Gasteiger partial charge on any atom is -0.369 e. The number of fused-ring (bicyclic) bond motifs is 1. The Labute approximate surface area is 169 Å². The van der Waals surface area contributed by atoms with Gasteiger partial charge >= 0.3 is 0 Å². The van der Waals surface area contributed by atoms with E-state index in [1.165, 1.54) is 37.3 Å². The monoisotopic (exact) mass is 397 g/mol. The number of benzene rings is 2. The number of hydrogen-bond acceptors (Lipinski definition) is 3. The number of nitrogens with zero attached hydrogens (tertiary/aromatic N) is 2. The summed E-state index contributed by atoms with van der Waals surface area (Å²) in [5.74, 6) is -0.825. The summed E-state index contributed by atoms with van der Waals surface area (Å²) in [6.07, 6.45) is 6.14. The van der Waals surface area contributed by atoms with Crippen LogP contribution in [0, 0.1) is 17.6 Å². The molecule has 1 N–H and O–H groups in total. The van der Waals surface area contributed by atoms with Crippen LogP contribution in [0.25, 0.3) is 0 Å². The Morgan fingerprint density at radius 1 is 1.17 bits per heavy atom. The van der Waals surface area contributed by atoms with E-state index in [0.29, 0.717) is 22.6 Å². The van der Waals surface area contributed by atoms with E-state index in [9.17, 15) is 13.6 Å². The molecular weight excluding hydrogens is 372 g/mol. The second kappa shape index (κ2) is 8.31. The van der Waals surface area contributed by atoms with Crippen molar-refractivity contribution < 1.29 is 13.6 Å². The van der Waals surface area contributed by atoms with Crippen LogP contribution in [-0.2, 0) is 4.79 Å². The van der Waals surface area contributed by atoms with Crippen LogP contribution in [0.2, 0.25) is 0 Å². The number of anilines is 2. The van der Waals surface area contributed by atoms with Gasteiger partial charge in [0.15, 0.2) is 0 Å². The Morgan fingerprint density at radius 2 is 1.97 bits per heavy atom. The van der Waals surface area contributed by atoms with Crippen molar-refractivity contribution in [2.75, 3.05) is 23.3 Å². The highest BCUT2D eigenvalue weighted by atomic mass is 19.1. The second-order valence-corrected chi connectivity index (χ2v) is 7.83. The molecule has 1 unspecified atom stereocenters. The molecule has 2 aromatic carbocycles. The van der Waals surface area contributed by atoms with Gasteiger partial charge in [0.2, 0.25) is 5.91 Å². The summed E-state index contributed by atoms with van der Waals surface area (Å²) in [6.45, 7) is 3.96. The van der Waals surface area contributed by atoms with Gasteiger partial charge in [-0.05, 0) is 48.6 Å². The first-order chi connectivity index (χ1) is 14.0. The van der Waals surface area contributed by atoms with Gasteiger partial charge in [-0.25, -0.2) is 8.78 Å². The number of aliphatic imine (C=N–C) groups is 1. The molecule has 0 aliphatic carbocycles. The predicted octanol–water partition coefficient (Wildman–Crippen LogP) is 5.42. The average molecular weight is 397 g/mol. The molecule has 29 heavy (non-hydrogen) atoms. The summed E-state index contributed by atoms with van der Waals surface area (Å²) in [4.78, 5) is 18.6. The molecule has 0 radical (unpaired) electrons. The highest BCUT2D eigenvalue weighted by molar-refractivity contribution is 6.12. The molecule has 2 aliphatic heterocycles.